The number of hydrogen-bond acceptors (Lipinski definition) is 2. The van der Waals surface area contributed by atoms with Gasteiger partial charge in [-0.2, -0.15) is 0 Å². The second-order valence-corrected chi connectivity index (χ2v) is 15.2. The van der Waals surface area contributed by atoms with E-state index in [9.17, 15) is 0 Å². The van der Waals surface area contributed by atoms with Gasteiger partial charge in [-0.1, -0.05) is 170 Å². The minimum absolute atomic E-state index is 0.862. The Labute approximate surface area is 335 Å². The van der Waals surface area contributed by atoms with Crippen molar-refractivity contribution in [3.8, 4) is 33.4 Å². The van der Waals surface area contributed by atoms with Crippen molar-refractivity contribution in [1.82, 2.24) is 0 Å². The summed E-state index contributed by atoms with van der Waals surface area (Å²) >= 11 is 0. The summed E-state index contributed by atoms with van der Waals surface area (Å²) in [7, 11) is 0. The Morgan fingerprint density at radius 2 is 0.879 bits per heavy atom. The van der Waals surface area contributed by atoms with Crippen LogP contribution in [0.3, 0.4) is 0 Å². The highest BCUT2D eigenvalue weighted by Gasteiger charge is 2.22. The van der Waals surface area contributed by atoms with Crippen LogP contribution in [0.5, 0.6) is 0 Å². The molecule has 0 N–H and O–H groups in total. The zero-order chi connectivity index (χ0) is 38.2. The first kappa shape index (κ1) is 32.6. The third-order valence-electron chi connectivity index (χ3n) is 12.0. The lowest BCUT2D eigenvalue weighted by Crippen LogP contribution is -2.10. The minimum Gasteiger partial charge on any atom is -0.455 e. The zero-order valence-corrected chi connectivity index (χ0v) is 31.6. The highest BCUT2D eigenvalue weighted by molar-refractivity contribution is 6.26. The van der Waals surface area contributed by atoms with E-state index in [-0.39, 0.29) is 0 Å². The summed E-state index contributed by atoms with van der Waals surface area (Å²) in [4.78, 5) is 2.35. The molecule has 270 valence electrons. The molecule has 0 atom stereocenters. The maximum atomic E-state index is 6.84. The summed E-state index contributed by atoms with van der Waals surface area (Å²) in [6.07, 6.45) is 0. The molecule has 2 heteroatoms. The molecule has 1 aromatic heterocycles. The molecule has 0 bridgehead atoms. The van der Waals surface area contributed by atoms with Gasteiger partial charge < -0.3 is 9.32 Å². The standard InChI is InChI=1S/C56H35NO/c1-3-11-36(12-4-1)37-27-31-44(32-28-37)57(43-15-5-2-6-16-43)51-19-10-20-52-55(51)50-35-49(46-17-7-8-18-48(46)56(50)58-52)39-23-21-38(22-24-39)45-33-29-42-26-25-40-13-9-14-41-30-34-47(45)54(42)53(40)41/h1-35H. The quantitative estimate of drug-likeness (QED) is 0.158. The van der Waals surface area contributed by atoms with E-state index in [4.69, 9.17) is 4.42 Å². The van der Waals surface area contributed by atoms with Crippen molar-refractivity contribution in [3.05, 3.63) is 212 Å². The second-order valence-electron chi connectivity index (χ2n) is 15.2. The fourth-order valence-electron chi connectivity index (χ4n) is 9.31. The Morgan fingerprint density at radius 3 is 1.64 bits per heavy atom. The lowest BCUT2D eigenvalue weighted by Gasteiger charge is -2.26. The molecule has 0 fully saturated rings. The van der Waals surface area contributed by atoms with Crippen LogP contribution in [0.1, 0.15) is 0 Å². The predicted molar refractivity (Wildman–Crippen MR) is 246 cm³/mol. The van der Waals surface area contributed by atoms with Gasteiger partial charge in [-0.15, -0.1) is 0 Å². The van der Waals surface area contributed by atoms with E-state index in [1.165, 1.54) is 71.1 Å². The summed E-state index contributed by atoms with van der Waals surface area (Å²) in [6, 6.07) is 76.8. The molecule has 0 unspecified atom stereocenters. The van der Waals surface area contributed by atoms with E-state index < -0.39 is 0 Å². The van der Waals surface area contributed by atoms with Crippen molar-refractivity contribution in [2.75, 3.05) is 4.90 Å². The van der Waals surface area contributed by atoms with Crippen LogP contribution in [0.15, 0.2) is 217 Å². The van der Waals surface area contributed by atoms with E-state index in [0.717, 1.165) is 44.4 Å². The van der Waals surface area contributed by atoms with Gasteiger partial charge in [0, 0.05) is 22.1 Å². The van der Waals surface area contributed by atoms with Crippen LogP contribution in [0, 0.1) is 0 Å². The molecular weight excluding hydrogens is 703 g/mol. The third kappa shape index (κ3) is 5.05. The molecule has 0 spiro atoms. The molecule has 12 aromatic rings. The third-order valence-corrected chi connectivity index (χ3v) is 12.0. The van der Waals surface area contributed by atoms with Crippen molar-refractivity contribution in [3.63, 3.8) is 0 Å². The largest absolute Gasteiger partial charge is 0.455 e. The Kier molecular flexibility index (Phi) is 7.26. The lowest BCUT2D eigenvalue weighted by atomic mass is 9.89. The first-order chi connectivity index (χ1) is 28.8. The normalized spacial score (nSPS) is 11.8. The molecule has 0 amide bonds. The van der Waals surface area contributed by atoms with Gasteiger partial charge in [0.1, 0.15) is 11.2 Å². The van der Waals surface area contributed by atoms with Crippen LogP contribution in [0.25, 0.3) is 98.4 Å². The fourth-order valence-corrected chi connectivity index (χ4v) is 9.31. The molecule has 11 aromatic carbocycles. The topological polar surface area (TPSA) is 16.4 Å². The van der Waals surface area contributed by atoms with Crippen LogP contribution in [0.4, 0.5) is 17.1 Å². The predicted octanol–water partition coefficient (Wildman–Crippen LogP) is 16.1. The summed E-state index contributed by atoms with van der Waals surface area (Å²) < 4.78 is 6.84. The Hall–Kier alpha value is -7.68. The first-order valence-electron chi connectivity index (χ1n) is 19.9. The van der Waals surface area contributed by atoms with Crippen LogP contribution in [-0.2, 0) is 0 Å². The summed E-state index contributed by atoms with van der Waals surface area (Å²) in [5, 5.41) is 12.3. The molecule has 58 heavy (non-hydrogen) atoms. The molecule has 0 saturated heterocycles. The first-order valence-corrected chi connectivity index (χ1v) is 19.9. The highest BCUT2D eigenvalue weighted by atomic mass is 16.3. The van der Waals surface area contributed by atoms with E-state index in [0.29, 0.717) is 0 Å². The maximum Gasteiger partial charge on any atom is 0.143 e. The number of anilines is 3. The smallest absolute Gasteiger partial charge is 0.143 e. The van der Waals surface area contributed by atoms with Gasteiger partial charge in [0.05, 0.1) is 11.1 Å². The van der Waals surface area contributed by atoms with Gasteiger partial charge in [0.15, 0.2) is 0 Å². The summed E-state index contributed by atoms with van der Waals surface area (Å²) in [6.45, 7) is 0. The van der Waals surface area contributed by atoms with E-state index >= 15 is 0 Å². The molecule has 0 radical (unpaired) electrons. The summed E-state index contributed by atoms with van der Waals surface area (Å²) in [5.74, 6) is 0. The van der Waals surface area contributed by atoms with Gasteiger partial charge in [-0.3, -0.25) is 0 Å². The average molecular weight is 738 g/mol. The van der Waals surface area contributed by atoms with Gasteiger partial charge in [0.25, 0.3) is 0 Å². The van der Waals surface area contributed by atoms with Gasteiger partial charge in [-0.05, 0) is 114 Å². The molecular formula is C56H35NO. The minimum atomic E-state index is 0.862. The van der Waals surface area contributed by atoms with Crippen molar-refractivity contribution in [2.45, 2.75) is 0 Å². The molecule has 0 saturated carbocycles. The molecule has 0 aliphatic carbocycles. The van der Waals surface area contributed by atoms with Gasteiger partial charge >= 0.3 is 0 Å². The second kappa shape index (κ2) is 12.9. The number of hydrogen-bond donors (Lipinski definition) is 0. The number of fused-ring (bicyclic) bond motifs is 5. The van der Waals surface area contributed by atoms with Crippen molar-refractivity contribution < 1.29 is 4.42 Å². The summed E-state index contributed by atoms with van der Waals surface area (Å²) in [5.41, 5.74) is 12.2. The number of nitrogens with zero attached hydrogens (tertiary/aromatic N) is 1. The van der Waals surface area contributed by atoms with Crippen LogP contribution < -0.4 is 4.90 Å². The molecule has 12 rings (SSSR count). The molecule has 2 nitrogen and oxygen atoms in total. The number of benzene rings is 11. The lowest BCUT2D eigenvalue weighted by molar-refractivity contribution is 0.672. The maximum absolute atomic E-state index is 6.84. The number of para-hydroxylation sites is 1. The van der Waals surface area contributed by atoms with Crippen LogP contribution in [0.2, 0.25) is 0 Å². The molecule has 0 aliphatic heterocycles. The average Bonchev–Trinajstić information content (AvgIpc) is 3.69. The van der Waals surface area contributed by atoms with Crippen molar-refractivity contribution in [1.29, 1.82) is 0 Å². The van der Waals surface area contributed by atoms with E-state index in [2.05, 4.69) is 217 Å². The van der Waals surface area contributed by atoms with Crippen molar-refractivity contribution >= 4 is 82.1 Å². The van der Waals surface area contributed by atoms with E-state index in [1.807, 2.05) is 0 Å². The molecule has 1 heterocycles. The molecule has 0 aliphatic rings. The van der Waals surface area contributed by atoms with Gasteiger partial charge in [-0.25, -0.2) is 0 Å². The van der Waals surface area contributed by atoms with E-state index in [1.54, 1.807) is 0 Å². The van der Waals surface area contributed by atoms with Crippen LogP contribution >= 0.6 is 0 Å². The van der Waals surface area contributed by atoms with Crippen LogP contribution in [-0.4, -0.2) is 0 Å². The SMILES string of the molecule is c1ccc(-c2ccc(N(c3ccccc3)c3cccc4oc5c6ccccc6c(-c6ccc(-c7ccc8ccc9cccc%10ccc7c8c9%10)cc6)cc5c34)cc2)cc1. The Morgan fingerprint density at radius 1 is 0.310 bits per heavy atom. The van der Waals surface area contributed by atoms with Crippen molar-refractivity contribution in [2.24, 2.45) is 0 Å². The Balaban J connectivity index is 1.02. The fraction of sp³-hybridized carbons (Fsp3) is 0. The zero-order valence-electron chi connectivity index (χ0n) is 31.6. The Bertz CT molecular complexity index is 3460. The monoisotopic (exact) mass is 737 g/mol. The number of rotatable bonds is 6. The van der Waals surface area contributed by atoms with Gasteiger partial charge in [0.2, 0.25) is 0 Å². The highest BCUT2D eigenvalue weighted by Crippen LogP contribution is 2.47. The number of furan rings is 1.